The van der Waals surface area contributed by atoms with Gasteiger partial charge in [0.2, 0.25) is 11.1 Å². The highest BCUT2D eigenvalue weighted by Crippen LogP contribution is 2.38. The normalized spacial score (nSPS) is 14.8. The number of hydrogen-bond acceptors (Lipinski definition) is 5. The summed E-state index contributed by atoms with van der Waals surface area (Å²) in [6, 6.07) is 21.7. The molecule has 1 amide bonds. The van der Waals surface area contributed by atoms with Crippen LogP contribution < -0.4 is 10.6 Å². The lowest BCUT2D eigenvalue weighted by Gasteiger charge is -2.29. The second-order valence-electron chi connectivity index (χ2n) is 10.1. The summed E-state index contributed by atoms with van der Waals surface area (Å²) in [5.41, 5.74) is 7.56. The average Bonchev–Trinajstić information content (AvgIpc) is 3.32. The summed E-state index contributed by atoms with van der Waals surface area (Å²) in [7, 11) is 0. The van der Waals surface area contributed by atoms with Gasteiger partial charge in [0.25, 0.3) is 5.91 Å². The van der Waals surface area contributed by atoms with Crippen LogP contribution >= 0.6 is 23.4 Å². The van der Waals surface area contributed by atoms with E-state index in [-0.39, 0.29) is 5.91 Å². The van der Waals surface area contributed by atoms with E-state index < -0.39 is 6.04 Å². The van der Waals surface area contributed by atoms with Crippen molar-refractivity contribution in [3.05, 3.63) is 111 Å². The fourth-order valence-electron chi connectivity index (χ4n) is 4.69. The molecule has 0 spiro atoms. The van der Waals surface area contributed by atoms with Crippen molar-refractivity contribution in [2.24, 2.45) is 0 Å². The standard InChI is InChI=1S/C31H32ClN5OS/c1-18(2)22-13-15-23(16-14-22)28-27(29(38)34-26-12-8-9-19(3)20(26)4)21(5)33-30-35-31(36-37(28)30)39-17-24-10-6-7-11-25(24)32/h6-16,18,28H,17H2,1-5H3,(H,34,38)(H,33,35,36). The van der Waals surface area contributed by atoms with Crippen LogP contribution in [0.2, 0.25) is 5.02 Å². The number of rotatable bonds is 7. The molecule has 4 aromatic rings. The first-order valence-electron chi connectivity index (χ1n) is 13.0. The zero-order valence-corrected chi connectivity index (χ0v) is 24.3. The minimum Gasteiger partial charge on any atom is -0.328 e. The van der Waals surface area contributed by atoms with Gasteiger partial charge in [0.15, 0.2) is 0 Å². The summed E-state index contributed by atoms with van der Waals surface area (Å²) in [5.74, 6) is 1.49. The predicted octanol–water partition coefficient (Wildman–Crippen LogP) is 7.89. The largest absolute Gasteiger partial charge is 0.328 e. The van der Waals surface area contributed by atoms with Crippen molar-refractivity contribution in [1.82, 2.24) is 14.8 Å². The molecule has 200 valence electrons. The van der Waals surface area contributed by atoms with Gasteiger partial charge in [-0.15, -0.1) is 5.10 Å². The summed E-state index contributed by atoms with van der Waals surface area (Å²) < 4.78 is 1.82. The number of thioether (sulfide) groups is 1. The van der Waals surface area contributed by atoms with E-state index >= 15 is 0 Å². The van der Waals surface area contributed by atoms with E-state index in [1.165, 1.54) is 17.3 Å². The van der Waals surface area contributed by atoms with Gasteiger partial charge < -0.3 is 10.6 Å². The molecule has 0 aliphatic carbocycles. The molecule has 5 rings (SSSR count). The van der Waals surface area contributed by atoms with Crippen LogP contribution in [0.15, 0.2) is 83.2 Å². The number of carbonyl (C=O) groups excluding carboxylic acids is 1. The number of anilines is 2. The van der Waals surface area contributed by atoms with Crippen molar-refractivity contribution in [3.63, 3.8) is 0 Å². The number of allylic oxidation sites excluding steroid dienone is 1. The van der Waals surface area contributed by atoms with Crippen molar-refractivity contribution in [1.29, 1.82) is 0 Å². The minimum atomic E-state index is -0.435. The molecule has 1 aliphatic heterocycles. The summed E-state index contributed by atoms with van der Waals surface area (Å²) in [4.78, 5) is 18.6. The molecule has 39 heavy (non-hydrogen) atoms. The lowest BCUT2D eigenvalue weighted by Crippen LogP contribution is -2.31. The van der Waals surface area contributed by atoms with E-state index in [0.717, 1.165) is 38.7 Å². The molecule has 1 aliphatic rings. The van der Waals surface area contributed by atoms with Gasteiger partial charge in [-0.05, 0) is 66.6 Å². The van der Waals surface area contributed by atoms with Crippen LogP contribution in [0.5, 0.6) is 0 Å². The molecule has 0 saturated heterocycles. The minimum absolute atomic E-state index is 0.168. The molecule has 0 radical (unpaired) electrons. The smallest absolute Gasteiger partial charge is 0.255 e. The second kappa shape index (κ2) is 11.3. The number of amides is 1. The molecule has 6 nitrogen and oxygen atoms in total. The average molecular weight is 558 g/mol. The molecule has 1 aromatic heterocycles. The quantitative estimate of drug-likeness (QED) is 0.226. The van der Waals surface area contributed by atoms with E-state index in [1.54, 1.807) is 0 Å². The zero-order valence-electron chi connectivity index (χ0n) is 22.7. The molecule has 1 atom stereocenters. The number of fused-ring (bicyclic) bond motifs is 1. The van der Waals surface area contributed by atoms with Gasteiger partial charge in [-0.25, -0.2) is 4.68 Å². The molecular weight excluding hydrogens is 526 g/mol. The molecule has 0 bridgehead atoms. The van der Waals surface area contributed by atoms with Crippen molar-refractivity contribution >= 4 is 40.9 Å². The Kier molecular flexibility index (Phi) is 7.82. The number of hydrogen-bond donors (Lipinski definition) is 2. The van der Waals surface area contributed by atoms with Gasteiger partial charge in [-0.3, -0.25) is 4.79 Å². The Hall–Kier alpha value is -3.55. The molecule has 3 aromatic carbocycles. The lowest BCUT2D eigenvalue weighted by molar-refractivity contribution is -0.113. The van der Waals surface area contributed by atoms with E-state index in [0.29, 0.717) is 28.3 Å². The molecule has 2 N–H and O–H groups in total. The summed E-state index contributed by atoms with van der Waals surface area (Å²) in [5, 5.41) is 12.7. The van der Waals surface area contributed by atoms with Gasteiger partial charge in [0.1, 0.15) is 6.04 Å². The third-order valence-electron chi connectivity index (χ3n) is 7.16. The van der Waals surface area contributed by atoms with Crippen molar-refractivity contribution in [3.8, 4) is 0 Å². The van der Waals surface area contributed by atoms with Crippen molar-refractivity contribution in [2.45, 2.75) is 57.5 Å². The van der Waals surface area contributed by atoms with Crippen LogP contribution in [0.25, 0.3) is 0 Å². The van der Waals surface area contributed by atoms with Crippen LogP contribution in [-0.2, 0) is 10.5 Å². The monoisotopic (exact) mass is 557 g/mol. The molecule has 2 heterocycles. The zero-order chi connectivity index (χ0) is 27.7. The highest BCUT2D eigenvalue weighted by atomic mass is 35.5. The van der Waals surface area contributed by atoms with Gasteiger partial charge >= 0.3 is 0 Å². The van der Waals surface area contributed by atoms with Gasteiger partial charge in [0, 0.05) is 22.2 Å². The number of carbonyl (C=O) groups is 1. The van der Waals surface area contributed by atoms with E-state index in [9.17, 15) is 4.79 Å². The molecule has 1 unspecified atom stereocenters. The number of nitrogens with one attached hydrogen (secondary N) is 2. The molecule has 0 saturated carbocycles. The third kappa shape index (κ3) is 5.60. The van der Waals surface area contributed by atoms with Crippen molar-refractivity contribution in [2.75, 3.05) is 10.6 Å². The first kappa shape index (κ1) is 27.0. The SMILES string of the molecule is CC1=C(C(=O)Nc2cccc(C)c2C)C(c2ccc(C(C)C)cc2)n2nc(SCc3ccccc3Cl)nc2N1. The number of benzene rings is 3. The first-order valence-corrected chi connectivity index (χ1v) is 14.4. The number of nitrogens with zero attached hydrogens (tertiary/aromatic N) is 3. The number of halogens is 1. The predicted molar refractivity (Wildman–Crippen MR) is 161 cm³/mol. The Balaban J connectivity index is 1.52. The Bertz CT molecular complexity index is 1560. The topological polar surface area (TPSA) is 71.8 Å². The Morgan fingerprint density at radius 2 is 1.79 bits per heavy atom. The fourth-order valence-corrected chi connectivity index (χ4v) is 5.81. The van der Waals surface area contributed by atoms with Crippen LogP contribution in [0.1, 0.15) is 60.5 Å². The summed E-state index contributed by atoms with van der Waals surface area (Å²) in [6.45, 7) is 10.3. The highest BCUT2D eigenvalue weighted by Gasteiger charge is 2.34. The van der Waals surface area contributed by atoms with E-state index in [1.807, 2.05) is 67.9 Å². The molecule has 0 fully saturated rings. The van der Waals surface area contributed by atoms with Gasteiger partial charge in [-0.2, -0.15) is 4.98 Å². The van der Waals surface area contributed by atoms with Crippen LogP contribution in [-0.4, -0.2) is 20.7 Å². The Labute approximate surface area is 238 Å². The fraction of sp³-hybridized carbons (Fsp3) is 0.258. The summed E-state index contributed by atoms with van der Waals surface area (Å²) >= 11 is 7.88. The van der Waals surface area contributed by atoms with E-state index in [4.69, 9.17) is 21.7 Å². The molecular formula is C31H32ClN5OS. The van der Waals surface area contributed by atoms with Crippen LogP contribution in [0.3, 0.4) is 0 Å². The number of aryl methyl sites for hydroxylation is 1. The lowest BCUT2D eigenvalue weighted by atomic mass is 9.92. The highest BCUT2D eigenvalue weighted by molar-refractivity contribution is 7.98. The van der Waals surface area contributed by atoms with Crippen LogP contribution in [0, 0.1) is 13.8 Å². The Morgan fingerprint density at radius 1 is 1.05 bits per heavy atom. The van der Waals surface area contributed by atoms with Crippen molar-refractivity contribution < 1.29 is 4.79 Å². The first-order chi connectivity index (χ1) is 18.7. The third-order valence-corrected chi connectivity index (χ3v) is 8.42. The van der Waals surface area contributed by atoms with Crippen LogP contribution in [0.4, 0.5) is 11.6 Å². The maximum atomic E-state index is 13.9. The maximum Gasteiger partial charge on any atom is 0.255 e. The van der Waals surface area contributed by atoms with E-state index in [2.05, 4.69) is 48.7 Å². The number of aromatic nitrogens is 3. The molecule has 8 heteroatoms. The summed E-state index contributed by atoms with van der Waals surface area (Å²) in [6.07, 6.45) is 0. The maximum absolute atomic E-state index is 13.9. The Morgan fingerprint density at radius 3 is 2.51 bits per heavy atom. The van der Waals surface area contributed by atoms with Gasteiger partial charge in [0.05, 0.1) is 5.57 Å². The second-order valence-corrected chi connectivity index (χ2v) is 11.5. The van der Waals surface area contributed by atoms with Gasteiger partial charge in [-0.1, -0.05) is 91.8 Å².